The van der Waals surface area contributed by atoms with Crippen molar-refractivity contribution in [2.45, 2.75) is 70.7 Å². The number of nitrogens with two attached hydrogens (primary N) is 2. The minimum atomic E-state index is -4.80. The highest BCUT2D eigenvalue weighted by atomic mass is 19.4. The van der Waals surface area contributed by atoms with Crippen LogP contribution in [0.3, 0.4) is 0 Å². The summed E-state index contributed by atoms with van der Waals surface area (Å²) in [5, 5.41) is 3.04. The van der Waals surface area contributed by atoms with E-state index in [1.807, 2.05) is 0 Å². The smallest absolute Gasteiger partial charge is 0.418 e. The fourth-order valence-corrected chi connectivity index (χ4v) is 5.43. The van der Waals surface area contributed by atoms with Crippen LogP contribution in [0.2, 0.25) is 0 Å². The van der Waals surface area contributed by atoms with E-state index in [4.69, 9.17) is 16.2 Å². The molecule has 1 amide bonds. The lowest BCUT2D eigenvalue weighted by atomic mass is 9.75. The zero-order valence-electron chi connectivity index (χ0n) is 21.1. The molecule has 5 N–H and O–H groups in total. The lowest BCUT2D eigenvalue weighted by Gasteiger charge is -2.33. The number of nitrogens with one attached hydrogen (secondary N) is 1. The number of ether oxygens (including phenoxy) is 1. The SMILES string of the molecule is CC1(C)CC(=O)c2c(C(F)(F)F)cn(-c3cc(F)c(C(N)=O)c(NC4CCCCC4OC(=O)CN)c3)c2C1. The van der Waals surface area contributed by atoms with Crippen molar-refractivity contribution < 1.29 is 36.7 Å². The van der Waals surface area contributed by atoms with Gasteiger partial charge in [0.15, 0.2) is 5.78 Å². The van der Waals surface area contributed by atoms with Crippen LogP contribution in [0.4, 0.5) is 23.2 Å². The molecule has 1 aromatic carbocycles. The number of aromatic nitrogens is 1. The van der Waals surface area contributed by atoms with Crippen LogP contribution in [0.5, 0.6) is 0 Å². The lowest BCUT2D eigenvalue weighted by Crippen LogP contribution is -2.41. The highest BCUT2D eigenvalue weighted by Crippen LogP contribution is 2.43. The quantitative estimate of drug-likeness (QED) is 0.375. The van der Waals surface area contributed by atoms with Crippen molar-refractivity contribution in [3.8, 4) is 5.69 Å². The van der Waals surface area contributed by atoms with E-state index in [1.165, 1.54) is 6.07 Å². The first-order valence-corrected chi connectivity index (χ1v) is 12.4. The fraction of sp³-hybridized carbons (Fsp3) is 0.500. The third kappa shape index (κ3) is 5.40. The number of rotatable bonds is 6. The molecular weight excluding hydrogens is 508 g/mol. The number of hydrogen-bond donors (Lipinski definition) is 3. The number of amides is 1. The zero-order chi connectivity index (χ0) is 28.0. The van der Waals surface area contributed by atoms with Crippen LogP contribution in [0.1, 0.15) is 77.9 Å². The molecule has 0 aliphatic heterocycles. The summed E-state index contributed by atoms with van der Waals surface area (Å²) in [5.41, 5.74) is 8.25. The molecule has 206 valence electrons. The summed E-state index contributed by atoms with van der Waals surface area (Å²) in [6.45, 7) is 3.22. The second-order valence-electron chi connectivity index (χ2n) is 10.7. The molecule has 0 bridgehead atoms. The maximum Gasteiger partial charge on any atom is 0.418 e. The Bertz CT molecular complexity index is 1290. The first kappa shape index (κ1) is 27.6. The lowest BCUT2D eigenvalue weighted by molar-refractivity contribution is -0.149. The van der Waals surface area contributed by atoms with Crippen LogP contribution in [-0.4, -0.2) is 40.9 Å². The van der Waals surface area contributed by atoms with Crippen molar-refractivity contribution in [3.05, 3.63) is 46.5 Å². The van der Waals surface area contributed by atoms with E-state index in [9.17, 15) is 27.6 Å². The topological polar surface area (TPSA) is 129 Å². The Morgan fingerprint density at radius 2 is 1.87 bits per heavy atom. The van der Waals surface area contributed by atoms with E-state index in [2.05, 4.69) is 5.32 Å². The molecule has 1 fully saturated rings. The van der Waals surface area contributed by atoms with Crippen LogP contribution in [-0.2, 0) is 22.1 Å². The van der Waals surface area contributed by atoms with Gasteiger partial charge >= 0.3 is 12.1 Å². The summed E-state index contributed by atoms with van der Waals surface area (Å²) in [4.78, 5) is 36.8. The van der Waals surface area contributed by atoms with Gasteiger partial charge < -0.3 is 26.1 Å². The second-order valence-corrected chi connectivity index (χ2v) is 10.7. The number of esters is 1. The first-order valence-electron chi connectivity index (χ1n) is 12.4. The molecule has 0 radical (unpaired) electrons. The molecule has 38 heavy (non-hydrogen) atoms. The largest absolute Gasteiger partial charge is 0.459 e. The van der Waals surface area contributed by atoms with Gasteiger partial charge in [-0.2, -0.15) is 13.2 Å². The number of carbonyl (C=O) groups excluding carboxylic acids is 3. The number of halogens is 4. The number of anilines is 1. The van der Waals surface area contributed by atoms with Crippen LogP contribution < -0.4 is 16.8 Å². The molecule has 2 aliphatic rings. The molecule has 2 aliphatic carbocycles. The molecule has 0 saturated heterocycles. The molecule has 4 rings (SSSR count). The minimum absolute atomic E-state index is 0.0152. The highest BCUT2D eigenvalue weighted by molar-refractivity contribution is 6.01. The number of ketones is 1. The Morgan fingerprint density at radius 1 is 1.18 bits per heavy atom. The van der Waals surface area contributed by atoms with Crippen molar-refractivity contribution in [1.82, 2.24) is 4.57 Å². The van der Waals surface area contributed by atoms with Gasteiger partial charge in [-0.1, -0.05) is 20.3 Å². The minimum Gasteiger partial charge on any atom is -0.459 e. The van der Waals surface area contributed by atoms with E-state index >= 15 is 4.39 Å². The Labute approximate surface area is 216 Å². The Morgan fingerprint density at radius 3 is 2.50 bits per heavy atom. The molecule has 1 aromatic heterocycles. The second kappa shape index (κ2) is 10.0. The molecule has 8 nitrogen and oxygen atoms in total. The summed E-state index contributed by atoms with van der Waals surface area (Å²) >= 11 is 0. The number of primary amides is 1. The van der Waals surface area contributed by atoms with Crippen molar-refractivity contribution in [1.29, 1.82) is 0 Å². The van der Waals surface area contributed by atoms with Crippen LogP contribution in [0, 0.1) is 11.2 Å². The van der Waals surface area contributed by atoms with E-state index < -0.39 is 63.9 Å². The molecule has 1 heterocycles. The number of benzene rings is 1. The summed E-state index contributed by atoms with van der Waals surface area (Å²) < 4.78 is 63.7. The van der Waals surface area contributed by atoms with Gasteiger partial charge in [0.1, 0.15) is 11.9 Å². The summed E-state index contributed by atoms with van der Waals surface area (Å²) in [6, 6.07) is 1.73. The van der Waals surface area contributed by atoms with E-state index in [1.54, 1.807) is 13.8 Å². The monoisotopic (exact) mass is 538 g/mol. The number of carbonyl (C=O) groups is 3. The van der Waals surface area contributed by atoms with Gasteiger partial charge in [0, 0.05) is 18.3 Å². The maximum atomic E-state index is 15.3. The van der Waals surface area contributed by atoms with E-state index in [0.717, 1.165) is 29.7 Å². The summed E-state index contributed by atoms with van der Waals surface area (Å²) in [6.07, 6.45) is -1.97. The van der Waals surface area contributed by atoms with Gasteiger partial charge in [-0.3, -0.25) is 14.4 Å². The first-order chi connectivity index (χ1) is 17.7. The average molecular weight is 539 g/mol. The van der Waals surface area contributed by atoms with Crippen LogP contribution in [0.25, 0.3) is 5.69 Å². The Hall–Kier alpha value is -3.41. The van der Waals surface area contributed by atoms with Crippen molar-refractivity contribution in [2.75, 3.05) is 11.9 Å². The molecule has 2 atom stereocenters. The third-order valence-corrected chi connectivity index (χ3v) is 7.07. The number of alkyl halides is 3. The van der Waals surface area contributed by atoms with Crippen LogP contribution in [0.15, 0.2) is 18.3 Å². The van der Waals surface area contributed by atoms with Crippen molar-refractivity contribution >= 4 is 23.3 Å². The standard InChI is InChI=1S/C26H30F4N4O4/c1-25(2)9-18-22(19(35)10-25)14(26(28,29)30)12-34(18)13-7-15(27)23(24(32)37)17(8-13)33-16-5-3-4-6-20(16)38-21(36)11-31/h7-8,12,16,20,33H,3-6,9-11,31H2,1-2H3,(H2,32,37). The molecular formula is C26H30F4N4O4. The number of nitrogens with zero attached hydrogens (tertiary/aromatic N) is 1. The summed E-state index contributed by atoms with van der Waals surface area (Å²) in [7, 11) is 0. The van der Waals surface area contributed by atoms with Crippen molar-refractivity contribution in [3.63, 3.8) is 0 Å². The van der Waals surface area contributed by atoms with Gasteiger partial charge in [-0.15, -0.1) is 0 Å². The molecule has 2 aromatic rings. The van der Waals surface area contributed by atoms with Crippen LogP contribution >= 0.6 is 0 Å². The predicted molar refractivity (Wildman–Crippen MR) is 130 cm³/mol. The fourth-order valence-electron chi connectivity index (χ4n) is 5.43. The molecule has 1 saturated carbocycles. The van der Waals surface area contributed by atoms with E-state index in [0.29, 0.717) is 12.8 Å². The van der Waals surface area contributed by atoms with Gasteiger partial charge in [-0.25, -0.2) is 4.39 Å². The number of fused-ring (bicyclic) bond motifs is 1. The van der Waals surface area contributed by atoms with E-state index in [-0.39, 0.29) is 36.5 Å². The van der Waals surface area contributed by atoms with Gasteiger partial charge in [-0.05, 0) is 43.2 Å². The average Bonchev–Trinajstić information content (AvgIpc) is 3.19. The van der Waals surface area contributed by atoms with Crippen molar-refractivity contribution in [2.24, 2.45) is 16.9 Å². The zero-order valence-corrected chi connectivity index (χ0v) is 21.1. The normalized spacial score (nSPS) is 21.1. The molecule has 2 unspecified atom stereocenters. The third-order valence-electron chi connectivity index (χ3n) is 7.07. The Kier molecular flexibility index (Phi) is 7.30. The molecule has 0 spiro atoms. The van der Waals surface area contributed by atoms with Gasteiger partial charge in [0.2, 0.25) is 0 Å². The van der Waals surface area contributed by atoms with Gasteiger partial charge in [0.25, 0.3) is 5.91 Å². The Balaban J connectivity index is 1.84. The maximum absolute atomic E-state index is 15.3. The molecule has 12 heteroatoms. The van der Waals surface area contributed by atoms with Gasteiger partial charge in [0.05, 0.1) is 40.7 Å². The number of Topliss-reactive ketones (excluding diaryl/α,β-unsaturated/α-hetero) is 1. The highest BCUT2D eigenvalue weighted by Gasteiger charge is 2.44. The predicted octanol–water partition coefficient (Wildman–Crippen LogP) is 4.11. The summed E-state index contributed by atoms with van der Waals surface area (Å²) in [5.74, 6) is -3.38. The number of hydrogen-bond acceptors (Lipinski definition) is 6.